The molecule has 0 fully saturated rings. The standard InChI is InChI=1S/C31H41O4P/c1-7-30(3,4)26-22-21-25(29(24-26)31(5,6)8-2)16-15-23-33-36(32,34-27-17-11-9-12-18-27)35-28-19-13-10-14-20-28/h9-14,17-22,24H,7-8,15-16,23H2,1-6H3. The van der Waals surface area contributed by atoms with E-state index in [-0.39, 0.29) is 17.4 Å². The van der Waals surface area contributed by atoms with Crippen molar-refractivity contribution in [3.05, 3.63) is 95.6 Å². The molecule has 0 aliphatic carbocycles. The van der Waals surface area contributed by atoms with Crippen LogP contribution in [0, 0.1) is 0 Å². The van der Waals surface area contributed by atoms with Gasteiger partial charge in [0.15, 0.2) is 0 Å². The van der Waals surface area contributed by atoms with Crippen LogP contribution in [0.3, 0.4) is 0 Å². The minimum atomic E-state index is -3.87. The van der Waals surface area contributed by atoms with Crippen molar-refractivity contribution in [2.24, 2.45) is 0 Å². The zero-order valence-electron chi connectivity index (χ0n) is 22.6. The fourth-order valence-corrected chi connectivity index (χ4v) is 5.23. The van der Waals surface area contributed by atoms with Gasteiger partial charge < -0.3 is 9.05 Å². The summed E-state index contributed by atoms with van der Waals surface area (Å²) in [5.41, 5.74) is 4.27. The second-order valence-electron chi connectivity index (χ2n) is 10.5. The lowest BCUT2D eigenvalue weighted by molar-refractivity contribution is 0.207. The van der Waals surface area contributed by atoms with E-state index in [1.807, 2.05) is 36.4 Å². The van der Waals surface area contributed by atoms with Crippen LogP contribution in [0.2, 0.25) is 0 Å². The summed E-state index contributed by atoms with van der Waals surface area (Å²) < 4.78 is 30.8. The Bertz CT molecular complexity index is 1090. The summed E-state index contributed by atoms with van der Waals surface area (Å²) in [5.74, 6) is 0.885. The third-order valence-corrected chi connectivity index (χ3v) is 8.52. The molecule has 0 aliphatic rings. The highest BCUT2D eigenvalue weighted by Gasteiger charge is 2.31. The Morgan fingerprint density at radius 1 is 0.722 bits per heavy atom. The molecule has 0 radical (unpaired) electrons. The second-order valence-corrected chi connectivity index (χ2v) is 12.1. The van der Waals surface area contributed by atoms with Gasteiger partial charge in [0.05, 0.1) is 6.61 Å². The van der Waals surface area contributed by atoms with E-state index >= 15 is 0 Å². The van der Waals surface area contributed by atoms with Gasteiger partial charge in [0.25, 0.3) is 0 Å². The van der Waals surface area contributed by atoms with Crippen molar-refractivity contribution in [3.63, 3.8) is 0 Å². The smallest absolute Gasteiger partial charge is 0.395 e. The van der Waals surface area contributed by atoms with Crippen LogP contribution in [0.25, 0.3) is 0 Å². The van der Waals surface area contributed by atoms with E-state index in [1.165, 1.54) is 16.7 Å². The first-order valence-corrected chi connectivity index (χ1v) is 14.4. The molecule has 0 spiro atoms. The maximum atomic E-state index is 13.6. The summed E-state index contributed by atoms with van der Waals surface area (Å²) in [6, 6.07) is 24.9. The first-order chi connectivity index (χ1) is 17.1. The molecular formula is C31H41O4P. The molecule has 3 rings (SSSR count). The van der Waals surface area contributed by atoms with Gasteiger partial charge in [-0.15, -0.1) is 0 Å². The van der Waals surface area contributed by atoms with Crippen LogP contribution in [0.1, 0.15) is 77.5 Å². The number of rotatable bonds is 13. The minimum Gasteiger partial charge on any atom is -0.395 e. The number of phosphoric acid groups is 1. The first kappa shape index (κ1) is 28.0. The van der Waals surface area contributed by atoms with Gasteiger partial charge in [-0.1, -0.05) is 96.1 Å². The lowest BCUT2D eigenvalue weighted by Gasteiger charge is -2.31. The highest BCUT2D eigenvalue weighted by atomic mass is 31.2. The summed E-state index contributed by atoms with van der Waals surface area (Å²) in [6.07, 6.45) is 3.66. The van der Waals surface area contributed by atoms with Crippen molar-refractivity contribution in [3.8, 4) is 11.5 Å². The molecule has 0 N–H and O–H groups in total. The van der Waals surface area contributed by atoms with Crippen molar-refractivity contribution < 1.29 is 18.1 Å². The normalized spacial score (nSPS) is 12.4. The number of hydrogen-bond donors (Lipinski definition) is 0. The summed E-state index contributed by atoms with van der Waals surface area (Å²) >= 11 is 0. The third kappa shape index (κ3) is 7.48. The van der Waals surface area contributed by atoms with Crippen molar-refractivity contribution in [2.75, 3.05) is 6.61 Å². The average molecular weight is 509 g/mol. The summed E-state index contributed by atoms with van der Waals surface area (Å²) in [4.78, 5) is 0. The van der Waals surface area contributed by atoms with Crippen LogP contribution in [0.15, 0.2) is 78.9 Å². The van der Waals surface area contributed by atoms with E-state index < -0.39 is 7.82 Å². The molecule has 5 heteroatoms. The van der Waals surface area contributed by atoms with Gasteiger partial charge in [-0.3, -0.25) is 4.52 Å². The minimum absolute atomic E-state index is 0.0676. The van der Waals surface area contributed by atoms with Crippen LogP contribution < -0.4 is 9.05 Å². The number of phosphoric ester groups is 1. The molecule has 36 heavy (non-hydrogen) atoms. The molecule has 194 valence electrons. The van der Waals surface area contributed by atoms with E-state index in [0.717, 1.165) is 19.3 Å². The first-order valence-electron chi connectivity index (χ1n) is 13.0. The SMILES string of the molecule is CCC(C)(C)c1ccc(CCCOP(=O)(Oc2ccccc2)Oc2ccccc2)c(C(C)(C)CC)c1. The Balaban J connectivity index is 1.74. The lowest BCUT2D eigenvalue weighted by atomic mass is 9.74. The molecule has 0 heterocycles. The number of benzene rings is 3. The number of para-hydroxylation sites is 2. The monoisotopic (exact) mass is 508 g/mol. The van der Waals surface area contributed by atoms with Crippen molar-refractivity contribution >= 4 is 7.82 Å². The van der Waals surface area contributed by atoms with Crippen LogP contribution in [-0.4, -0.2) is 6.61 Å². The molecule has 4 nitrogen and oxygen atoms in total. The Kier molecular flexibility index (Phi) is 9.44. The third-order valence-electron chi connectivity index (χ3n) is 7.15. The number of aryl methyl sites for hydroxylation is 1. The van der Waals surface area contributed by atoms with Gasteiger partial charge in [0, 0.05) is 0 Å². The molecule has 0 aliphatic heterocycles. The Hall–Kier alpha value is -2.55. The van der Waals surface area contributed by atoms with Gasteiger partial charge >= 0.3 is 7.82 Å². The summed E-state index contributed by atoms with van der Waals surface area (Å²) in [7, 11) is -3.87. The van der Waals surface area contributed by atoms with Gasteiger partial charge in [-0.25, -0.2) is 4.57 Å². The Morgan fingerprint density at radius 3 is 1.75 bits per heavy atom. The highest BCUT2D eigenvalue weighted by Crippen LogP contribution is 2.49. The number of hydrogen-bond acceptors (Lipinski definition) is 4. The van der Waals surface area contributed by atoms with Crippen LogP contribution in [-0.2, 0) is 26.3 Å². The molecule has 3 aromatic carbocycles. The summed E-state index contributed by atoms with van der Waals surface area (Å²) in [5, 5.41) is 0. The van der Waals surface area contributed by atoms with E-state index in [1.54, 1.807) is 24.3 Å². The fraction of sp³-hybridized carbons (Fsp3) is 0.419. The lowest BCUT2D eigenvalue weighted by Crippen LogP contribution is -2.22. The van der Waals surface area contributed by atoms with Crippen molar-refractivity contribution in [1.29, 1.82) is 0 Å². The van der Waals surface area contributed by atoms with Crippen LogP contribution in [0.4, 0.5) is 0 Å². The van der Waals surface area contributed by atoms with Crippen LogP contribution >= 0.6 is 7.82 Å². The molecule has 0 saturated carbocycles. The van der Waals surface area contributed by atoms with Gasteiger partial charge in [-0.2, -0.15) is 0 Å². The molecule has 0 bridgehead atoms. The zero-order chi connectivity index (χ0) is 26.2. The molecule has 0 atom stereocenters. The van der Waals surface area contributed by atoms with Gasteiger partial charge in [0.1, 0.15) is 11.5 Å². The quantitative estimate of drug-likeness (QED) is 0.170. The highest BCUT2D eigenvalue weighted by molar-refractivity contribution is 7.49. The second kappa shape index (κ2) is 12.1. The average Bonchev–Trinajstić information content (AvgIpc) is 2.87. The fourth-order valence-electron chi connectivity index (χ4n) is 3.97. The van der Waals surface area contributed by atoms with Crippen molar-refractivity contribution in [2.45, 2.75) is 78.1 Å². The van der Waals surface area contributed by atoms with Gasteiger partial charge in [0.2, 0.25) is 0 Å². The molecule has 0 amide bonds. The molecule has 0 unspecified atom stereocenters. The largest absolute Gasteiger partial charge is 0.587 e. The van der Waals surface area contributed by atoms with Crippen molar-refractivity contribution in [1.82, 2.24) is 0 Å². The van der Waals surface area contributed by atoms with Crippen LogP contribution in [0.5, 0.6) is 11.5 Å². The summed E-state index contributed by atoms with van der Waals surface area (Å²) in [6.45, 7) is 13.9. The Labute approximate surface area is 217 Å². The maximum Gasteiger partial charge on any atom is 0.587 e. The molecule has 0 aromatic heterocycles. The Morgan fingerprint density at radius 2 is 1.25 bits per heavy atom. The molecule has 3 aromatic rings. The zero-order valence-corrected chi connectivity index (χ0v) is 23.5. The molecule has 0 saturated heterocycles. The molecular weight excluding hydrogens is 467 g/mol. The van der Waals surface area contributed by atoms with E-state index in [4.69, 9.17) is 13.6 Å². The maximum absolute atomic E-state index is 13.6. The predicted molar refractivity (Wildman–Crippen MR) is 149 cm³/mol. The van der Waals surface area contributed by atoms with E-state index in [0.29, 0.717) is 17.9 Å². The van der Waals surface area contributed by atoms with E-state index in [2.05, 4.69) is 59.7 Å². The predicted octanol–water partition coefficient (Wildman–Crippen LogP) is 9.28. The topological polar surface area (TPSA) is 44.8 Å². The van der Waals surface area contributed by atoms with Gasteiger partial charge in [-0.05, 0) is 77.5 Å². The van der Waals surface area contributed by atoms with E-state index in [9.17, 15) is 4.57 Å².